The van der Waals surface area contributed by atoms with Crippen LogP contribution in [0.2, 0.25) is 0 Å². The zero-order chi connectivity index (χ0) is 39.0. The number of rotatable bonds is 6. The lowest BCUT2D eigenvalue weighted by Crippen LogP contribution is -2.74. The summed E-state index contributed by atoms with van der Waals surface area (Å²) in [6, 6.07) is 67.3. The number of benzene rings is 7. The number of nitrogens with zero attached hydrogens (tertiary/aromatic N) is 4. The lowest BCUT2D eigenvalue weighted by atomic mass is 9.73. The summed E-state index contributed by atoms with van der Waals surface area (Å²) in [5.74, 6) is 1.87. The zero-order valence-corrected chi connectivity index (χ0v) is 34.4. The molecule has 0 fully saturated rings. The number of imidazole rings is 1. The smallest absolute Gasteiger partial charge is 0.179 e. The van der Waals surface area contributed by atoms with Gasteiger partial charge in [0.1, 0.15) is 11.6 Å². The van der Waals surface area contributed by atoms with E-state index >= 15 is 0 Å². The number of pyridine rings is 1. The van der Waals surface area contributed by atoms with Gasteiger partial charge < -0.3 is 4.57 Å². The van der Waals surface area contributed by atoms with Gasteiger partial charge in [-0.05, 0) is 80.4 Å². The zero-order valence-electron chi connectivity index (χ0n) is 32.6. The van der Waals surface area contributed by atoms with Crippen molar-refractivity contribution in [1.82, 2.24) is 14.5 Å². The summed E-state index contributed by atoms with van der Waals surface area (Å²) in [5.41, 5.74) is 7.89. The van der Waals surface area contributed by atoms with Crippen LogP contribution in [0.25, 0.3) is 42.6 Å². The molecule has 0 saturated carbocycles. The van der Waals surface area contributed by atoms with E-state index in [-0.39, 0.29) is 5.41 Å². The molecular weight excluding hydrogens is 741 g/mol. The van der Waals surface area contributed by atoms with E-state index in [1.165, 1.54) is 63.4 Å². The number of hydrogen-bond donors (Lipinski definition) is 0. The van der Waals surface area contributed by atoms with Crippen LogP contribution in [-0.4, -0.2) is 22.6 Å². The van der Waals surface area contributed by atoms with Gasteiger partial charge in [0, 0.05) is 44.4 Å². The van der Waals surface area contributed by atoms with Gasteiger partial charge in [0.2, 0.25) is 0 Å². The monoisotopic (exact) mass is 780 g/mol. The number of para-hydroxylation sites is 2. The molecule has 0 atom stereocenters. The van der Waals surface area contributed by atoms with Crippen molar-refractivity contribution in [2.75, 3.05) is 4.90 Å². The van der Waals surface area contributed by atoms with Crippen molar-refractivity contribution in [2.45, 2.75) is 19.3 Å². The number of aromatic nitrogens is 3. The van der Waals surface area contributed by atoms with E-state index in [0.717, 1.165) is 28.2 Å². The SMILES string of the molecule is Cn1c(-c2cccc([Si](c3ccccc3)(c3ccccc3)c3ccc4c(c3)N(c3ccccn3)c3cc5sc6ccccc6c5cc3C4(C)C)c2)nc2ccccc21. The average Bonchev–Trinajstić information content (AvgIpc) is 3.81. The fourth-order valence-corrected chi connectivity index (χ4v) is 15.5. The third kappa shape index (κ3) is 5.12. The molecule has 0 radical (unpaired) electrons. The Morgan fingerprint density at radius 2 is 1.21 bits per heavy atom. The first kappa shape index (κ1) is 34.6. The van der Waals surface area contributed by atoms with Gasteiger partial charge in [-0.1, -0.05) is 147 Å². The van der Waals surface area contributed by atoms with Crippen LogP contribution in [0, 0.1) is 0 Å². The third-order valence-electron chi connectivity index (χ3n) is 12.4. The Morgan fingerprint density at radius 1 is 0.534 bits per heavy atom. The van der Waals surface area contributed by atoms with Crippen LogP contribution in [0.15, 0.2) is 188 Å². The number of hydrogen-bond acceptors (Lipinski definition) is 4. The lowest BCUT2D eigenvalue weighted by molar-refractivity contribution is 0.632. The first-order chi connectivity index (χ1) is 28.4. The Kier molecular flexibility index (Phi) is 7.90. The summed E-state index contributed by atoms with van der Waals surface area (Å²) in [6.45, 7) is 4.78. The van der Waals surface area contributed by atoms with Gasteiger partial charge in [-0.25, -0.2) is 9.97 Å². The van der Waals surface area contributed by atoms with Gasteiger partial charge in [0.05, 0.1) is 22.4 Å². The molecule has 1 aliphatic rings. The Labute approximate surface area is 343 Å². The topological polar surface area (TPSA) is 34.0 Å². The highest BCUT2D eigenvalue weighted by atomic mass is 32.1. The van der Waals surface area contributed by atoms with Crippen molar-refractivity contribution in [2.24, 2.45) is 7.05 Å². The molecule has 6 heteroatoms. The van der Waals surface area contributed by atoms with E-state index in [1.807, 2.05) is 23.6 Å². The molecule has 10 aromatic rings. The summed E-state index contributed by atoms with van der Waals surface area (Å²) in [7, 11) is -0.873. The highest BCUT2D eigenvalue weighted by Gasteiger charge is 2.44. The summed E-state index contributed by atoms with van der Waals surface area (Å²) in [5, 5.41) is 7.91. The van der Waals surface area contributed by atoms with Crippen molar-refractivity contribution < 1.29 is 0 Å². The number of aryl methyl sites for hydroxylation is 1. The molecule has 4 nitrogen and oxygen atoms in total. The molecule has 278 valence electrons. The normalized spacial score (nSPS) is 13.5. The number of thiophene rings is 1. The molecule has 58 heavy (non-hydrogen) atoms. The van der Waals surface area contributed by atoms with Crippen molar-refractivity contribution in [3.8, 4) is 11.4 Å². The second-order valence-corrected chi connectivity index (χ2v) is 20.8. The number of anilines is 3. The number of fused-ring (bicyclic) bond motifs is 6. The van der Waals surface area contributed by atoms with E-state index in [4.69, 9.17) is 9.97 Å². The summed E-state index contributed by atoms with van der Waals surface area (Å²) in [4.78, 5) is 12.6. The molecule has 0 unspecified atom stereocenters. The minimum Gasteiger partial charge on any atom is -0.327 e. The van der Waals surface area contributed by atoms with Gasteiger partial charge in [-0.3, -0.25) is 4.90 Å². The average molecular weight is 781 g/mol. The maximum absolute atomic E-state index is 5.16. The minimum absolute atomic E-state index is 0.282. The van der Waals surface area contributed by atoms with Crippen molar-refractivity contribution in [1.29, 1.82) is 0 Å². The third-order valence-corrected chi connectivity index (χ3v) is 18.3. The van der Waals surface area contributed by atoms with Gasteiger partial charge >= 0.3 is 0 Å². The molecule has 3 aromatic heterocycles. The van der Waals surface area contributed by atoms with E-state index < -0.39 is 8.07 Å². The van der Waals surface area contributed by atoms with E-state index in [9.17, 15) is 0 Å². The van der Waals surface area contributed by atoms with Gasteiger partial charge in [-0.2, -0.15) is 0 Å². The van der Waals surface area contributed by atoms with Crippen LogP contribution in [0.3, 0.4) is 0 Å². The van der Waals surface area contributed by atoms with E-state index in [1.54, 1.807) is 0 Å². The second-order valence-electron chi connectivity index (χ2n) is 15.9. The molecule has 7 aromatic carbocycles. The molecule has 0 aliphatic carbocycles. The van der Waals surface area contributed by atoms with Crippen molar-refractivity contribution >= 4 is 88.6 Å². The Morgan fingerprint density at radius 3 is 1.97 bits per heavy atom. The summed E-state index contributed by atoms with van der Waals surface area (Å²) >= 11 is 1.87. The minimum atomic E-state index is -3.00. The van der Waals surface area contributed by atoms with Crippen LogP contribution in [0.1, 0.15) is 25.0 Å². The summed E-state index contributed by atoms with van der Waals surface area (Å²) < 4.78 is 4.82. The highest BCUT2D eigenvalue weighted by Crippen LogP contribution is 2.53. The van der Waals surface area contributed by atoms with E-state index in [0.29, 0.717) is 0 Å². The molecule has 11 rings (SSSR count). The predicted molar refractivity (Wildman–Crippen MR) is 247 cm³/mol. The standard InChI is InChI=1S/C52H40N4SSi/c1-52(2)42-29-28-39(32-46(42)56(50-27-14-15-30-53-50)47-34-49-41(33-43(47)52)40-23-10-13-26-48(40)57-49)58(36-18-6-4-7-19-36,37-20-8-5-9-21-37)38-22-16-17-35(31-38)51-54-44-24-11-12-25-45(44)55(51)3/h4-34H,1-3H3. The van der Waals surface area contributed by atoms with Crippen molar-refractivity contribution in [3.63, 3.8) is 0 Å². The molecule has 0 bridgehead atoms. The second kappa shape index (κ2) is 13.2. The maximum atomic E-state index is 5.16. The first-order valence-corrected chi connectivity index (χ1v) is 22.7. The molecule has 4 heterocycles. The van der Waals surface area contributed by atoms with Gasteiger partial charge in [0.15, 0.2) is 8.07 Å². The molecule has 0 N–H and O–H groups in total. The fourth-order valence-electron chi connectivity index (χ4n) is 9.60. The molecular formula is C52H40N4SSi. The van der Waals surface area contributed by atoms with Crippen LogP contribution in [0.4, 0.5) is 17.2 Å². The Bertz CT molecular complexity index is 3130. The lowest BCUT2D eigenvalue weighted by Gasteiger charge is -2.43. The Hall–Kier alpha value is -6.60. The highest BCUT2D eigenvalue weighted by molar-refractivity contribution is 7.25. The predicted octanol–water partition coefficient (Wildman–Crippen LogP) is 10.5. The quantitative estimate of drug-likeness (QED) is 0.125. The van der Waals surface area contributed by atoms with Crippen LogP contribution in [0.5, 0.6) is 0 Å². The van der Waals surface area contributed by atoms with Gasteiger partial charge in [-0.15, -0.1) is 11.3 Å². The molecule has 0 saturated heterocycles. The largest absolute Gasteiger partial charge is 0.327 e. The maximum Gasteiger partial charge on any atom is 0.179 e. The fraction of sp³-hybridized carbons (Fsp3) is 0.0769. The van der Waals surface area contributed by atoms with Crippen LogP contribution >= 0.6 is 11.3 Å². The van der Waals surface area contributed by atoms with Gasteiger partial charge in [0.25, 0.3) is 0 Å². The van der Waals surface area contributed by atoms with Crippen LogP contribution in [-0.2, 0) is 12.5 Å². The van der Waals surface area contributed by atoms with Crippen molar-refractivity contribution in [3.05, 3.63) is 199 Å². The molecule has 0 spiro atoms. The van der Waals surface area contributed by atoms with Crippen LogP contribution < -0.4 is 25.6 Å². The molecule has 0 amide bonds. The Balaban J connectivity index is 1.20. The first-order valence-electron chi connectivity index (χ1n) is 19.9. The molecule has 1 aliphatic heterocycles. The van der Waals surface area contributed by atoms with E-state index in [2.05, 4.69) is 206 Å². The summed E-state index contributed by atoms with van der Waals surface area (Å²) in [6.07, 6.45) is 1.91.